The summed E-state index contributed by atoms with van der Waals surface area (Å²) in [4.78, 5) is 0. The topological polar surface area (TPSA) is 21.3 Å². The van der Waals surface area contributed by atoms with Crippen LogP contribution in [0.4, 0.5) is 13.2 Å². The summed E-state index contributed by atoms with van der Waals surface area (Å²) >= 11 is 3.15. The highest BCUT2D eigenvalue weighted by molar-refractivity contribution is 9.10. The molecule has 1 unspecified atom stereocenters. The molecule has 1 atom stereocenters. The molecule has 2 nitrogen and oxygen atoms in total. The first-order valence-electron chi connectivity index (χ1n) is 6.59. The van der Waals surface area contributed by atoms with Crippen LogP contribution < -0.4 is 5.32 Å². The third-order valence-corrected chi connectivity index (χ3v) is 3.40. The first-order chi connectivity index (χ1) is 9.56. The summed E-state index contributed by atoms with van der Waals surface area (Å²) in [6.07, 6.45) is -1.12. The van der Waals surface area contributed by atoms with Crippen molar-refractivity contribution in [2.75, 3.05) is 19.8 Å². The minimum atomic E-state index is -2.47. The van der Waals surface area contributed by atoms with Gasteiger partial charge < -0.3 is 10.1 Å². The summed E-state index contributed by atoms with van der Waals surface area (Å²) in [5, 5.41) is 3.21. The fourth-order valence-corrected chi connectivity index (χ4v) is 2.23. The number of nitrogens with one attached hydrogen (secondary N) is 1. The fourth-order valence-electron chi connectivity index (χ4n) is 1.85. The van der Waals surface area contributed by atoms with E-state index in [4.69, 9.17) is 4.74 Å². The lowest BCUT2D eigenvalue weighted by atomic mass is 10.0. The normalized spacial score (nSPS) is 12.9. The molecule has 0 aliphatic rings. The van der Waals surface area contributed by atoms with E-state index >= 15 is 0 Å². The molecular formula is C14H19BrF3NO. The zero-order valence-corrected chi connectivity index (χ0v) is 12.9. The van der Waals surface area contributed by atoms with E-state index in [1.807, 2.05) is 6.92 Å². The molecule has 0 saturated heterocycles. The molecule has 0 aliphatic carbocycles. The maximum atomic E-state index is 14.1. The Kier molecular flexibility index (Phi) is 8.18. The van der Waals surface area contributed by atoms with E-state index in [1.165, 1.54) is 0 Å². The SMILES string of the molecule is CCCNC(CCOCC(F)F)c1cccc(Br)c1F. The van der Waals surface area contributed by atoms with Gasteiger partial charge in [0.05, 0.1) is 4.47 Å². The average molecular weight is 354 g/mol. The van der Waals surface area contributed by atoms with Gasteiger partial charge >= 0.3 is 0 Å². The van der Waals surface area contributed by atoms with E-state index in [2.05, 4.69) is 21.2 Å². The molecule has 0 aromatic heterocycles. The molecule has 0 spiro atoms. The van der Waals surface area contributed by atoms with Crippen LogP contribution in [-0.2, 0) is 4.74 Å². The lowest BCUT2D eigenvalue weighted by Gasteiger charge is -2.20. The van der Waals surface area contributed by atoms with E-state index < -0.39 is 13.0 Å². The first-order valence-corrected chi connectivity index (χ1v) is 7.38. The Morgan fingerprint density at radius 2 is 2.10 bits per heavy atom. The number of hydrogen-bond acceptors (Lipinski definition) is 2. The van der Waals surface area contributed by atoms with Crippen LogP contribution in [0.5, 0.6) is 0 Å². The molecule has 1 aromatic carbocycles. The summed E-state index contributed by atoms with van der Waals surface area (Å²) < 4.78 is 43.3. The van der Waals surface area contributed by atoms with Crippen LogP contribution in [0.2, 0.25) is 0 Å². The van der Waals surface area contributed by atoms with Crippen LogP contribution in [0.1, 0.15) is 31.4 Å². The van der Waals surface area contributed by atoms with Crippen LogP contribution in [0.15, 0.2) is 22.7 Å². The number of benzene rings is 1. The Bertz CT molecular complexity index is 404. The summed E-state index contributed by atoms with van der Waals surface area (Å²) in [5.74, 6) is -0.324. The number of hydrogen-bond donors (Lipinski definition) is 1. The van der Waals surface area contributed by atoms with Gasteiger partial charge in [-0.05, 0) is 41.4 Å². The van der Waals surface area contributed by atoms with Crippen molar-refractivity contribution < 1.29 is 17.9 Å². The number of halogens is 4. The molecule has 6 heteroatoms. The fraction of sp³-hybridized carbons (Fsp3) is 0.571. The maximum Gasteiger partial charge on any atom is 0.261 e. The summed E-state index contributed by atoms with van der Waals surface area (Å²) in [7, 11) is 0. The molecule has 114 valence electrons. The van der Waals surface area contributed by atoms with Crippen LogP contribution in [0.25, 0.3) is 0 Å². The molecule has 1 aromatic rings. The molecule has 1 rings (SSSR count). The van der Waals surface area contributed by atoms with Gasteiger partial charge in [0.15, 0.2) is 0 Å². The smallest absolute Gasteiger partial charge is 0.261 e. The van der Waals surface area contributed by atoms with Gasteiger partial charge in [0, 0.05) is 18.2 Å². The average Bonchev–Trinajstić information content (AvgIpc) is 2.41. The second kappa shape index (κ2) is 9.37. The van der Waals surface area contributed by atoms with Gasteiger partial charge in [-0.2, -0.15) is 0 Å². The zero-order chi connectivity index (χ0) is 15.0. The molecule has 0 bridgehead atoms. The van der Waals surface area contributed by atoms with Gasteiger partial charge in [0.2, 0.25) is 0 Å². The Labute approximate surface area is 125 Å². The van der Waals surface area contributed by atoms with Gasteiger partial charge in [-0.1, -0.05) is 19.1 Å². The molecule has 0 amide bonds. The molecule has 0 heterocycles. The first kappa shape index (κ1) is 17.5. The minimum absolute atomic E-state index is 0.164. The van der Waals surface area contributed by atoms with Crippen LogP contribution in [0.3, 0.4) is 0 Å². The van der Waals surface area contributed by atoms with Crippen LogP contribution in [-0.4, -0.2) is 26.2 Å². The Morgan fingerprint density at radius 1 is 1.35 bits per heavy atom. The van der Waals surface area contributed by atoms with Gasteiger partial charge in [-0.3, -0.25) is 0 Å². The molecule has 0 aliphatic heterocycles. The van der Waals surface area contributed by atoms with Crippen molar-refractivity contribution in [2.45, 2.75) is 32.2 Å². The van der Waals surface area contributed by atoms with E-state index in [0.29, 0.717) is 16.5 Å². The Balaban J connectivity index is 2.65. The Hall–Kier alpha value is -0.590. The number of rotatable bonds is 9. The summed E-state index contributed by atoms with van der Waals surface area (Å²) in [6, 6.07) is 4.83. The third kappa shape index (κ3) is 5.81. The predicted octanol–water partition coefficient (Wildman–Crippen LogP) is 4.30. The van der Waals surface area contributed by atoms with Crippen molar-refractivity contribution >= 4 is 15.9 Å². The van der Waals surface area contributed by atoms with E-state index in [0.717, 1.165) is 13.0 Å². The lowest BCUT2D eigenvalue weighted by Crippen LogP contribution is -2.25. The van der Waals surface area contributed by atoms with E-state index in [9.17, 15) is 13.2 Å². The second-order valence-electron chi connectivity index (χ2n) is 4.40. The maximum absolute atomic E-state index is 14.1. The molecule has 1 N–H and O–H groups in total. The van der Waals surface area contributed by atoms with Crippen LogP contribution >= 0.6 is 15.9 Å². The van der Waals surface area contributed by atoms with Crippen molar-refractivity contribution in [3.05, 3.63) is 34.1 Å². The number of ether oxygens (including phenoxy) is 1. The van der Waals surface area contributed by atoms with Gasteiger partial charge in [0.1, 0.15) is 12.4 Å². The van der Waals surface area contributed by atoms with Crippen molar-refractivity contribution in [1.82, 2.24) is 5.32 Å². The number of alkyl halides is 2. The highest BCUT2D eigenvalue weighted by Gasteiger charge is 2.17. The lowest BCUT2D eigenvalue weighted by molar-refractivity contribution is 0.0143. The quantitative estimate of drug-likeness (QED) is 0.668. The van der Waals surface area contributed by atoms with Gasteiger partial charge in [-0.25, -0.2) is 13.2 Å². The molecule has 0 radical (unpaired) electrons. The predicted molar refractivity (Wildman–Crippen MR) is 76.6 cm³/mol. The monoisotopic (exact) mass is 353 g/mol. The molecule has 20 heavy (non-hydrogen) atoms. The molecule has 0 saturated carbocycles. The highest BCUT2D eigenvalue weighted by atomic mass is 79.9. The second-order valence-corrected chi connectivity index (χ2v) is 5.26. The molecule has 0 fully saturated rings. The van der Waals surface area contributed by atoms with Crippen molar-refractivity contribution in [1.29, 1.82) is 0 Å². The van der Waals surface area contributed by atoms with E-state index in [1.54, 1.807) is 18.2 Å². The molecular weight excluding hydrogens is 335 g/mol. The standard InChI is InChI=1S/C14H19BrF3NO/c1-2-7-19-12(6-8-20-9-13(16)17)10-4-3-5-11(15)14(10)18/h3-5,12-13,19H,2,6-9H2,1H3. The Morgan fingerprint density at radius 3 is 2.75 bits per heavy atom. The minimum Gasteiger partial charge on any atom is -0.375 e. The summed E-state index contributed by atoms with van der Waals surface area (Å²) in [5.41, 5.74) is 0.522. The van der Waals surface area contributed by atoms with Gasteiger partial charge in [-0.15, -0.1) is 0 Å². The van der Waals surface area contributed by atoms with Crippen molar-refractivity contribution in [3.8, 4) is 0 Å². The van der Waals surface area contributed by atoms with Crippen LogP contribution in [0, 0.1) is 5.82 Å². The zero-order valence-electron chi connectivity index (χ0n) is 11.3. The van der Waals surface area contributed by atoms with Crippen molar-refractivity contribution in [2.24, 2.45) is 0 Å². The van der Waals surface area contributed by atoms with E-state index in [-0.39, 0.29) is 18.5 Å². The third-order valence-electron chi connectivity index (χ3n) is 2.79. The van der Waals surface area contributed by atoms with Crippen molar-refractivity contribution in [3.63, 3.8) is 0 Å². The highest BCUT2D eigenvalue weighted by Crippen LogP contribution is 2.25. The summed E-state index contributed by atoms with van der Waals surface area (Å²) in [6.45, 7) is 2.32. The van der Waals surface area contributed by atoms with Gasteiger partial charge in [0.25, 0.3) is 6.43 Å². The largest absolute Gasteiger partial charge is 0.375 e.